The minimum atomic E-state index is -0.00945. The lowest BCUT2D eigenvalue weighted by molar-refractivity contribution is 0.0957. The minimum absolute atomic E-state index is 0.00945. The quantitative estimate of drug-likeness (QED) is 0.889. The van der Waals surface area contributed by atoms with Crippen LogP contribution < -0.4 is 10.1 Å². The van der Waals surface area contributed by atoms with Crippen LogP contribution >= 0.6 is 11.3 Å². The number of thiazole rings is 1. The van der Waals surface area contributed by atoms with Crippen LogP contribution in [-0.2, 0) is 6.42 Å². The van der Waals surface area contributed by atoms with E-state index in [1.54, 1.807) is 18.4 Å². The number of rotatable bonds is 6. The van der Waals surface area contributed by atoms with E-state index in [2.05, 4.69) is 10.3 Å². The van der Waals surface area contributed by atoms with Gasteiger partial charge in [-0.3, -0.25) is 4.79 Å². The van der Waals surface area contributed by atoms with Crippen LogP contribution in [0, 0.1) is 6.92 Å². The van der Waals surface area contributed by atoms with Gasteiger partial charge < -0.3 is 10.1 Å². The number of hydrogen-bond acceptors (Lipinski definition) is 4. The maximum absolute atomic E-state index is 12.3. The number of ether oxygens (including phenoxy) is 1. The SMILES string of the molecule is COc1cccc(CCNC(=O)c2sc(C3CC3)nc2C)c1. The Bertz CT molecular complexity index is 677. The molecule has 0 radical (unpaired) electrons. The molecular weight excluding hydrogens is 296 g/mol. The molecule has 1 N–H and O–H groups in total. The molecule has 0 unspecified atom stereocenters. The number of hydrogen-bond donors (Lipinski definition) is 1. The highest BCUT2D eigenvalue weighted by Crippen LogP contribution is 2.42. The van der Waals surface area contributed by atoms with Crippen LogP contribution in [0.15, 0.2) is 24.3 Å². The summed E-state index contributed by atoms with van der Waals surface area (Å²) >= 11 is 1.55. The van der Waals surface area contributed by atoms with Crippen LogP contribution in [-0.4, -0.2) is 24.5 Å². The first kappa shape index (κ1) is 15.0. The number of carbonyl (C=O) groups is 1. The van der Waals surface area contributed by atoms with Gasteiger partial charge in [0.25, 0.3) is 5.91 Å². The number of methoxy groups -OCH3 is 1. The predicted octanol–water partition coefficient (Wildman–Crippen LogP) is 3.31. The van der Waals surface area contributed by atoms with Crippen molar-refractivity contribution in [3.05, 3.63) is 45.4 Å². The van der Waals surface area contributed by atoms with Gasteiger partial charge in [-0.1, -0.05) is 12.1 Å². The van der Waals surface area contributed by atoms with Gasteiger partial charge in [-0.05, 0) is 43.9 Å². The normalized spacial score (nSPS) is 13.9. The standard InChI is InChI=1S/C17H20N2O2S/c1-11-15(22-17(19-11)13-6-7-13)16(20)18-9-8-12-4-3-5-14(10-12)21-2/h3-5,10,13H,6-9H2,1-2H3,(H,18,20). The highest BCUT2D eigenvalue weighted by atomic mass is 32.1. The molecule has 1 aliphatic rings. The van der Waals surface area contributed by atoms with Gasteiger partial charge in [-0.25, -0.2) is 4.98 Å². The lowest BCUT2D eigenvalue weighted by atomic mass is 10.1. The maximum Gasteiger partial charge on any atom is 0.263 e. The summed E-state index contributed by atoms with van der Waals surface area (Å²) in [7, 11) is 1.66. The van der Waals surface area contributed by atoms with Crippen molar-refractivity contribution < 1.29 is 9.53 Å². The van der Waals surface area contributed by atoms with Gasteiger partial charge in [0.1, 0.15) is 10.6 Å². The van der Waals surface area contributed by atoms with Crippen LogP contribution in [0.25, 0.3) is 0 Å². The third-order valence-electron chi connectivity index (χ3n) is 3.78. The van der Waals surface area contributed by atoms with Gasteiger partial charge in [0.05, 0.1) is 17.8 Å². The lowest BCUT2D eigenvalue weighted by Gasteiger charge is -2.06. The van der Waals surface area contributed by atoms with Crippen molar-refractivity contribution in [3.8, 4) is 5.75 Å². The van der Waals surface area contributed by atoms with E-state index >= 15 is 0 Å². The first-order valence-corrected chi connectivity index (χ1v) is 8.37. The Morgan fingerprint density at radius 1 is 1.45 bits per heavy atom. The van der Waals surface area contributed by atoms with E-state index in [1.807, 2.05) is 31.2 Å². The molecule has 5 heteroatoms. The first-order valence-electron chi connectivity index (χ1n) is 7.56. The Hall–Kier alpha value is -1.88. The van der Waals surface area contributed by atoms with E-state index in [1.165, 1.54) is 12.8 Å². The van der Waals surface area contributed by atoms with Gasteiger partial charge in [-0.2, -0.15) is 0 Å². The summed E-state index contributed by atoms with van der Waals surface area (Å²) < 4.78 is 5.20. The fraction of sp³-hybridized carbons (Fsp3) is 0.412. The van der Waals surface area contributed by atoms with Crippen molar-refractivity contribution in [2.45, 2.75) is 32.1 Å². The number of nitrogens with one attached hydrogen (secondary N) is 1. The highest BCUT2D eigenvalue weighted by molar-refractivity contribution is 7.13. The maximum atomic E-state index is 12.3. The Morgan fingerprint density at radius 2 is 2.27 bits per heavy atom. The molecule has 1 aromatic heterocycles. The molecule has 1 aromatic carbocycles. The van der Waals surface area contributed by atoms with Crippen LogP contribution in [0.1, 0.15) is 44.7 Å². The molecule has 22 heavy (non-hydrogen) atoms. The monoisotopic (exact) mass is 316 g/mol. The average Bonchev–Trinajstić information content (AvgIpc) is 3.30. The second-order valence-corrected chi connectivity index (χ2v) is 6.63. The van der Waals surface area contributed by atoms with Crippen molar-refractivity contribution in [2.75, 3.05) is 13.7 Å². The summed E-state index contributed by atoms with van der Waals surface area (Å²) in [6, 6.07) is 7.92. The number of amides is 1. The zero-order valence-electron chi connectivity index (χ0n) is 12.9. The second-order valence-electron chi connectivity index (χ2n) is 5.60. The summed E-state index contributed by atoms with van der Waals surface area (Å²) in [5, 5.41) is 4.11. The number of benzene rings is 1. The third-order valence-corrected chi connectivity index (χ3v) is 5.10. The zero-order chi connectivity index (χ0) is 15.5. The van der Waals surface area contributed by atoms with Crippen LogP contribution in [0.4, 0.5) is 0 Å². The third kappa shape index (κ3) is 3.47. The molecule has 0 bridgehead atoms. The molecule has 2 aromatic rings. The van der Waals surface area contributed by atoms with Gasteiger partial charge in [0, 0.05) is 12.5 Å². The van der Waals surface area contributed by atoms with E-state index in [0.29, 0.717) is 12.5 Å². The molecule has 1 amide bonds. The highest BCUT2D eigenvalue weighted by Gasteiger charge is 2.28. The summed E-state index contributed by atoms with van der Waals surface area (Å²) in [5.41, 5.74) is 2.00. The average molecular weight is 316 g/mol. The van der Waals surface area contributed by atoms with E-state index in [9.17, 15) is 4.79 Å². The van der Waals surface area contributed by atoms with Crippen molar-refractivity contribution >= 4 is 17.2 Å². The Balaban J connectivity index is 1.55. The fourth-order valence-corrected chi connectivity index (χ4v) is 3.51. The summed E-state index contributed by atoms with van der Waals surface area (Å²) in [5.74, 6) is 1.43. The summed E-state index contributed by atoms with van der Waals surface area (Å²) in [4.78, 5) is 17.6. The van der Waals surface area contributed by atoms with Crippen LogP contribution in [0.2, 0.25) is 0 Å². The molecule has 1 fully saturated rings. The molecule has 116 valence electrons. The van der Waals surface area contributed by atoms with E-state index in [-0.39, 0.29) is 5.91 Å². The minimum Gasteiger partial charge on any atom is -0.497 e. The van der Waals surface area contributed by atoms with E-state index in [0.717, 1.165) is 33.3 Å². The van der Waals surface area contributed by atoms with Crippen LogP contribution in [0.3, 0.4) is 0 Å². The molecule has 4 nitrogen and oxygen atoms in total. The molecule has 3 rings (SSSR count). The molecule has 1 heterocycles. The topological polar surface area (TPSA) is 51.2 Å². The number of carbonyl (C=O) groups excluding carboxylic acids is 1. The molecule has 1 aliphatic carbocycles. The van der Waals surface area contributed by atoms with Crippen molar-refractivity contribution in [1.29, 1.82) is 0 Å². The van der Waals surface area contributed by atoms with Gasteiger partial charge in [0.2, 0.25) is 0 Å². The van der Waals surface area contributed by atoms with E-state index in [4.69, 9.17) is 4.74 Å². The van der Waals surface area contributed by atoms with Gasteiger partial charge in [0.15, 0.2) is 0 Å². The number of aryl methyl sites for hydroxylation is 1. The lowest BCUT2D eigenvalue weighted by Crippen LogP contribution is -2.25. The second kappa shape index (κ2) is 6.48. The van der Waals surface area contributed by atoms with Gasteiger partial charge in [-0.15, -0.1) is 11.3 Å². The fourth-order valence-electron chi connectivity index (χ4n) is 2.36. The van der Waals surface area contributed by atoms with E-state index < -0.39 is 0 Å². The Kier molecular flexibility index (Phi) is 4.43. The molecule has 0 aliphatic heterocycles. The molecular formula is C17H20N2O2S. The van der Waals surface area contributed by atoms with Crippen molar-refractivity contribution in [2.24, 2.45) is 0 Å². The van der Waals surface area contributed by atoms with Crippen LogP contribution in [0.5, 0.6) is 5.75 Å². The zero-order valence-corrected chi connectivity index (χ0v) is 13.7. The predicted molar refractivity (Wildman–Crippen MR) is 87.9 cm³/mol. The summed E-state index contributed by atoms with van der Waals surface area (Å²) in [6.07, 6.45) is 3.21. The molecule has 0 saturated heterocycles. The van der Waals surface area contributed by atoms with Crippen molar-refractivity contribution in [1.82, 2.24) is 10.3 Å². The smallest absolute Gasteiger partial charge is 0.263 e. The number of nitrogens with zero attached hydrogens (tertiary/aromatic N) is 1. The Labute approximate surface area is 134 Å². The largest absolute Gasteiger partial charge is 0.497 e. The first-order chi connectivity index (χ1) is 10.7. The Morgan fingerprint density at radius 3 is 3.00 bits per heavy atom. The summed E-state index contributed by atoms with van der Waals surface area (Å²) in [6.45, 7) is 2.53. The van der Waals surface area contributed by atoms with Gasteiger partial charge >= 0.3 is 0 Å². The molecule has 1 saturated carbocycles. The molecule has 0 atom stereocenters. The molecule has 0 spiro atoms. The number of aromatic nitrogens is 1. The van der Waals surface area contributed by atoms with Crippen molar-refractivity contribution in [3.63, 3.8) is 0 Å².